The first kappa shape index (κ1) is 16.9. The Labute approximate surface area is 131 Å². The number of likely N-dealkylation sites (tertiary alicyclic amines) is 1. The van der Waals surface area contributed by atoms with Crippen molar-refractivity contribution in [1.29, 1.82) is 0 Å². The quantitative estimate of drug-likeness (QED) is 0.833. The van der Waals surface area contributed by atoms with Crippen molar-refractivity contribution in [2.24, 2.45) is 5.92 Å². The van der Waals surface area contributed by atoms with Gasteiger partial charge >= 0.3 is 0 Å². The van der Waals surface area contributed by atoms with E-state index >= 15 is 0 Å². The second-order valence-electron chi connectivity index (χ2n) is 6.19. The van der Waals surface area contributed by atoms with E-state index in [0.717, 1.165) is 44.5 Å². The topological polar surface area (TPSA) is 79.5 Å². The fourth-order valence-corrected chi connectivity index (χ4v) is 2.90. The zero-order valence-electron chi connectivity index (χ0n) is 13.6. The van der Waals surface area contributed by atoms with E-state index < -0.39 is 0 Å². The normalized spacial score (nSPS) is 20.1. The van der Waals surface area contributed by atoms with Gasteiger partial charge in [0.05, 0.1) is 6.10 Å². The molecule has 2 rings (SSSR count). The zero-order chi connectivity index (χ0) is 15.9. The largest absolute Gasteiger partial charge is 0.393 e. The minimum Gasteiger partial charge on any atom is -0.393 e. The molecule has 2 atom stereocenters. The van der Waals surface area contributed by atoms with Crippen LogP contribution in [0.15, 0.2) is 4.52 Å². The third-order valence-electron chi connectivity index (χ3n) is 4.26. The number of amides is 1. The van der Waals surface area contributed by atoms with E-state index in [0.29, 0.717) is 25.3 Å². The van der Waals surface area contributed by atoms with Gasteiger partial charge in [0.2, 0.25) is 11.8 Å². The van der Waals surface area contributed by atoms with E-state index in [1.54, 1.807) is 0 Å². The number of aliphatic hydroxyl groups is 1. The van der Waals surface area contributed by atoms with Crippen molar-refractivity contribution in [3.05, 3.63) is 11.7 Å². The van der Waals surface area contributed by atoms with Crippen molar-refractivity contribution in [2.45, 2.75) is 64.9 Å². The highest BCUT2D eigenvalue weighted by atomic mass is 16.5. The SMILES string of the molecule is CCCc1noc(CCCC(=O)N2CCCC(C(C)O)C2)n1. The molecule has 0 aromatic carbocycles. The summed E-state index contributed by atoms with van der Waals surface area (Å²) in [5.41, 5.74) is 0. The molecule has 2 heterocycles. The lowest BCUT2D eigenvalue weighted by molar-refractivity contribution is -0.133. The zero-order valence-corrected chi connectivity index (χ0v) is 13.6. The molecule has 1 aromatic heterocycles. The van der Waals surface area contributed by atoms with Crippen LogP contribution < -0.4 is 0 Å². The van der Waals surface area contributed by atoms with Crippen molar-refractivity contribution in [2.75, 3.05) is 13.1 Å². The van der Waals surface area contributed by atoms with Crippen LogP contribution in [0.2, 0.25) is 0 Å². The van der Waals surface area contributed by atoms with E-state index in [-0.39, 0.29) is 17.9 Å². The predicted molar refractivity (Wildman–Crippen MR) is 82.2 cm³/mol. The fraction of sp³-hybridized carbons (Fsp3) is 0.812. The summed E-state index contributed by atoms with van der Waals surface area (Å²) >= 11 is 0. The molecule has 22 heavy (non-hydrogen) atoms. The number of hydrogen-bond donors (Lipinski definition) is 1. The number of rotatable bonds is 7. The van der Waals surface area contributed by atoms with Gasteiger partial charge in [0, 0.05) is 38.3 Å². The minimum absolute atomic E-state index is 0.165. The maximum Gasteiger partial charge on any atom is 0.226 e. The molecule has 1 N–H and O–H groups in total. The maximum absolute atomic E-state index is 12.2. The van der Waals surface area contributed by atoms with Crippen LogP contribution in [0, 0.1) is 5.92 Å². The number of carbonyl (C=O) groups is 1. The lowest BCUT2D eigenvalue weighted by atomic mass is 9.93. The van der Waals surface area contributed by atoms with Crippen LogP contribution in [0.1, 0.15) is 57.7 Å². The molecule has 6 nitrogen and oxygen atoms in total. The number of nitrogens with zero attached hydrogens (tertiary/aromatic N) is 3. The summed E-state index contributed by atoms with van der Waals surface area (Å²) in [5, 5.41) is 13.6. The lowest BCUT2D eigenvalue weighted by Crippen LogP contribution is -2.42. The summed E-state index contributed by atoms with van der Waals surface area (Å²) in [5.74, 6) is 1.75. The molecule has 1 aliphatic rings. The number of aliphatic hydroxyl groups excluding tert-OH is 1. The molecule has 0 radical (unpaired) electrons. The summed E-state index contributed by atoms with van der Waals surface area (Å²) in [6, 6.07) is 0. The molecule has 124 valence electrons. The highest BCUT2D eigenvalue weighted by Gasteiger charge is 2.26. The van der Waals surface area contributed by atoms with Gasteiger partial charge in [-0.2, -0.15) is 4.98 Å². The second-order valence-corrected chi connectivity index (χ2v) is 6.19. The Morgan fingerprint density at radius 1 is 1.50 bits per heavy atom. The van der Waals surface area contributed by atoms with Gasteiger partial charge in [-0.1, -0.05) is 12.1 Å². The molecule has 1 saturated heterocycles. The first-order valence-electron chi connectivity index (χ1n) is 8.37. The number of carbonyl (C=O) groups excluding carboxylic acids is 1. The third-order valence-corrected chi connectivity index (χ3v) is 4.26. The Morgan fingerprint density at radius 3 is 3.05 bits per heavy atom. The highest BCUT2D eigenvalue weighted by Crippen LogP contribution is 2.20. The molecule has 0 saturated carbocycles. The molecule has 6 heteroatoms. The van der Waals surface area contributed by atoms with Gasteiger partial charge in [0.15, 0.2) is 5.82 Å². The third kappa shape index (κ3) is 4.80. The van der Waals surface area contributed by atoms with E-state index in [1.807, 2.05) is 11.8 Å². The van der Waals surface area contributed by atoms with Crippen LogP contribution >= 0.6 is 0 Å². The van der Waals surface area contributed by atoms with Gasteiger partial charge in [-0.05, 0) is 32.6 Å². The first-order valence-corrected chi connectivity index (χ1v) is 8.37. The number of piperidine rings is 1. The number of hydrogen-bond acceptors (Lipinski definition) is 5. The maximum atomic E-state index is 12.2. The number of aromatic nitrogens is 2. The summed E-state index contributed by atoms with van der Waals surface area (Å²) in [4.78, 5) is 18.4. The molecule has 1 aliphatic heterocycles. The molecule has 1 amide bonds. The van der Waals surface area contributed by atoms with Crippen molar-refractivity contribution < 1.29 is 14.4 Å². The standard InChI is InChI=1S/C16H27N3O3/c1-3-6-14-17-15(22-18-14)8-4-9-16(21)19-10-5-7-13(11-19)12(2)20/h12-13,20H,3-11H2,1-2H3. The van der Waals surface area contributed by atoms with E-state index in [1.165, 1.54) is 0 Å². The van der Waals surface area contributed by atoms with Crippen LogP contribution in [0.3, 0.4) is 0 Å². The van der Waals surface area contributed by atoms with Gasteiger partial charge in [-0.25, -0.2) is 0 Å². The Kier molecular flexibility index (Phi) is 6.36. The average Bonchev–Trinajstić information content (AvgIpc) is 2.95. The monoisotopic (exact) mass is 309 g/mol. The van der Waals surface area contributed by atoms with Gasteiger partial charge in [-0.15, -0.1) is 0 Å². The molecule has 0 aliphatic carbocycles. The average molecular weight is 309 g/mol. The molecule has 0 spiro atoms. The lowest BCUT2D eigenvalue weighted by Gasteiger charge is -2.34. The molecule has 1 fully saturated rings. The summed E-state index contributed by atoms with van der Waals surface area (Å²) in [6.07, 6.45) is 5.34. The van der Waals surface area contributed by atoms with Crippen LogP contribution in [0.5, 0.6) is 0 Å². The summed E-state index contributed by atoms with van der Waals surface area (Å²) in [6.45, 7) is 5.37. The molecule has 0 bridgehead atoms. The van der Waals surface area contributed by atoms with E-state index in [2.05, 4.69) is 17.1 Å². The van der Waals surface area contributed by atoms with Gasteiger partial charge in [0.25, 0.3) is 0 Å². The Morgan fingerprint density at radius 2 is 2.32 bits per heavy atom. The molecular weight excluding hydrogens is 282 g/mol. The Hall–Kier alpha value is -1.43. The van der Waals surface area contributed by atoms with Crippen LogP contribution in [0.25, 0.3) is 0 Å². The van der Waals surface area contributed by atoms with Crippen LogP contribution in [0.4, 0.5) is 0 Å². The summed E-state index contributed by atoms with van der Waals surface area (Å²) in [7, 11) is 0. The Bertz CT molecular complexity index is 473. The Balaban J connectivity index is 1.72. The van der Waals surface area contributed by atoms with Crippen molar-refractivity contribution in [3.8, 4) is 0 Å². The van der Waals surface area contributed by atoms with Gasteiger partial charge in [0.1, 0.15) is 0 Å². The van der Waals surface area contributed by atoms with Gasteiger partial charge in [-0.3, -0.25) is 4.79 Å². The van der Waals surface area contributed by atoms with E-state index in [9.17, 15) is 9.90 Å². The summed E-state index contributed by atoms with van der Waals surface area (Å²) < 4.78 is 5.17. The highest BCUT2D eigenvalue weighted by molar-refractivity contribution is 5.76. The van der Waals surface area contributed by atoms with Gasteiger partial charge < -0.3 is 14.5 Å². The molecule has 2 unspecified atom stereocenters. The van der Waals surface area contributed by atoms with Crippen molar-refractivity contribution >= 4 is 5.91 Å². The van der Waals surface area contributed by atoms with Crippen LogP contribution in [-0.4, -0.2) is 45.2 Å². The predicted octanol–water partition coefficient (Wildman–Crippen LogP) is 1.96. The van der Waals surface area contributed by atoms with Crippen molar-refractivity contribution in [1.82, 2.24) is 15.0 Å². The van der Waals surface area contributed by atoms with Crippen molar-refractivity contribution in [3.63, 3.8) is 0 Å². The minimum atomic E-state index is -0.342. The second kappa shape index (κ2) is 8.27. The molecular formula is C16H27N3O3. The fourth-order valence-electron chi connectivity index (χ4n) is 2.90. The van der Waals surface area contributed by atoms with E-state index in [4.69, 9.17) is 4.52 Å². The van der Waals surface area contributed by atoms with Crippen LogP contribution in [-0.2, 0) is 17.6 Å². The smallest absolute Gasteiger partial charge is 0.226 e. The number of aryl methyl sites for hydroxylation is 2. The first-order chi connectivity index (χ1) is 10.6. The molecule has 1 aromatic rings.